The minimum atomic E-state index is -0.455. The van der Waals surface area contributed by atoms with E-state index in [9.17, 15) is 14.7 Å². The molecule has 0 saturated carbocycles. The molecule has 0 fully saturated rings. The Morgan fingerprint density at radius 3 is 2.79 bits per heavy atom. The number of halogens is 1. The van der Waals surface area contributed by atoms with E-state index in [1.807, 2.05) is 18.2 Å². The molecule has 29 heavy (non-hydrogen) atoms. The van der Waals surface area contributed by atoms with Crippen LogP contribution in [0.5, 0.6) is 5.75 Å². The van der Waals surface area contributed by atoms with Gasteiger partial charge in [0, 0.05) is 30.2 Å². The van der Waals surface area contributed by atoms with Crippen molar-refractivity contribution < 1.29 is 9.90 Å². The lowest BCUT2D eigenvalue weighted by atomic mass is 9.86. The second kappa shape index (κ2) is 7.93. The summed E-state index contributed by atoms with van der Waals surface area (Å²) in [6.45, 7) is 0. The standard InChI is InChI=1S/C21H18ClN3O3S/c1-25-19-18(16(10-17(27)23-19)13-5-3-7-15(26)9-13)20(28)24-21(25)29-11-12-4-2-6-14(22)8-12/h2-9,16,26H,10-11H2,1H3,(H,23,27)/t16-/m0/s1. The number of aromatic hydroxyl groups is 1. The molecule has 2 aromatic carbocycles. The number of nitrogens with one attached hydrogen (secondary N) is 1. The number of fused-ring (bicyclic) bond motifs is 1. The summed E-state index contributed by atoms with van der Waals surface area (Å²) in [5.74, 6) is 0.488. The van der Waals surface area contributed by atoms with Crippen LogP contribution in [0.15, 0.2) is 58.5 Å². The Labute approximate surface area is 176 Å². The van der Waals surface area contributed by atoms with Crippen LogP contribution in [0.2, 0.25) is 5.02 Å². The number of carbonyl (C=O) groups is 1. The van der Waals surface area contributed by atoms with E-state index < -0.39 is 5.92 Å². The van der Waals surface area contributed by atoms with Crippen molar-refractivity contribution in [3.8, 4) is 5.75 Å². The Hall–Kier alpha value is -2.77. The third-order valence-electron chi connectivity index (χ3n) is 4.83. The Balaban J connectivity index is 1.72. The monoisotopic (exact) mass is 427 g/mol. The number of anilines is 1. The van der Waals surface area contributed by atoms with Crippen molar-refractivity contribution in [3.05, 3.63) is 80.6 Å². The quantitative estimate of drug-likeness (QED) is 0.487. The zero-order chi connectivity index (χ0) is 20.5. The summed E-state index contributed by atoms with van der Waals surface area (Å²) in [6, 6.07) is 14.1. The van der Waals surface area contributed by atoms with E-state index in [0.717, 1.165) is 5.56 Å². The predicted octanol–water partition coefficient (Wildman–Crippen LogP) is 3.91. The van der Waals surface area contributed by atoms with Crippen molar-refractivity contribution in [2.24, 2.45) is 7.05 Å². The topological polar surface area (TPSA) is 84.2 Å². The first-order valence-electron chi connectivity index (χ1n) is 8.99. The van der Waals surface area contributed by atoms with E-state index >= 15 is 0 Å². The fourth-order valence-electron chi connectivity index (χ4n) is 3.47. The number of benzene rings is 2. The normalized spacial score (nSPS) is 15.7. The maximum atomic E-state index is 12.9. The van der Waals surface area contributed by atoms with Crippen molar-refractivity contribution >= 4 is 35.1 Å². The number of hydrogen-bond donors (Lipinski definition) is 2. The molecule has 1 atom stereocenters. The second-order valence-electron chi connectivity index (χ2n) is 6.84. The summed E-state index contributed by atoms with van der Waals surface area (Å²) in [5, 5.41) is 13.8. The predicted molar refractivity (Wildman–Crippen MR) is 114 cm³/mol. The van der Waals surface area contributed by atoms with Crippen LogP contribution in [0.25, 0.3) is 0 Å². The van der Waals surface area contributed by atoms with Gasteiger partial charge in [-0.3, -0.25) is 9.59 Å². The first kappa shape index (κ1) is 19.5. The van der Waals surface area contributed by atoms with Gasteiger partial charge in [0.25, 0.3) is 5.56 Å². The Morgan fingerprint density at radius 1 is 1.24 bits per heavy atom. The lowest BCUT2D eigenvalue weighted by molar-refractivity contribution is -0.116. The van der Waals surface area contributed by atoms with Gasteiger partial charge < -0.3 is 15.0 Å². The molecule has 1 aliphatic heterocycles. The molecule has 0 unspecified atom stereocenters. The molecular weight excluding hydrogens is 410 g/mol. The average molecular weight is 428 g/mol. The maximum absolute atomic E-state index is 12.9. The van der Waals surface area contributed by atoms with E-state index in [0.29, 0.717) is 32.9 Å². The van der Waals surface area contributed by atoms with Crippen molar-refractivity contribution in [3.63, 3.8) is 0 Å². The van der Waals surface area contributed by atoms with E-state index in [1.54, 1.807) is 41.9 Å². The molecule has 0 radical (unpaired) electrons. The van der Waals surface area contributed by atoms with E-state index in [2.05, 4.69) is 10.3 Å². The number of thioether (sulfide) groups is 1. The van der Waals surface area contributed by atoms with E-state index in [1.165, 1.54) is 11.8 Å². The van der Waals surface area contributed by atoms with Gasteiger partial charge in [-0.1, -0.05) is 47.6 Å². The number of nitrogens with zero attached hydrogens (tertiary/aromatic N) is 2. The minimum absolute atomic E-state index is 0.0912. The SMILES string of the molecule is Cn1c(SCc2cccc(Cl)c2)nc(=O)c2c1NC(=O)C[C@H]2c1cccc(O)c1. The molecule has 2 N–H and O–H groups in total. The largest absolute Gasteiger partial charge is 0.508 e. The summed E-state index contributed by atoms with van der Waals surface area (Å²) in [7, 11) is 1.77. The van der Waals surface area contributed by atoms with Crippen LogP contribution < -0.4 is 10.9 Å². The van der Waals surface area contributed by atoms with Crippen LogP contribution in [-0.4, -0.2) is 20.6 Å². The highest BCUT2D eigenvalue weighted by Gasteiger charge is 2.32. The van der Waals surface area contributed by atoms with Crippen LogP contribution >= 0.6 is 23.4 Å². The van der Waals surface area contributed by atoms with Gasteiger partial charge in [0.2, 0.25) is 5.91 Å². The molecule has 8 heteroatoms. The molecule has 0 spiro atoms. The van der Waals surface area contributed by atoms with Gasteiger partial charge in [0.05, 0.1) is 5.56 Å². The molecule has 4 rings (SSSR count). The average Bonchev–Trinajstić information content (AvgIpc) is 2.69. The lowest BCUT2D eigenvalue weighted by Gasteiger charge is -2.27. The van der Waals surface area contributed by atoms with Crippen LogP contribution in [0.1, 0.15) is 29.0 Å². The Kier molecular flexibility index (Phi) is 5.34. The zero-order valence-electron chi connectivity index (χ0n) is 15.6. The molecule has 148 valence electrons. The molecule has 1 aromatic heterocycles. The first-order valence-corrected chi connectivity index (χ1v) is 10.4. The van der Waals surface area contributed by atoms with Crippen molar-refractivity contribution in [1.82, 2.24) is 9.55 Å². The Morgan fingerprint density at radius 2 is 2.03 bits per heavy atom. The highest BCUT2D eigenvalue weighted by Crippen LogP contribution is 2.37. The number of aromatic nitrogens is 2. The highest BCUT2D eigenvalue weighted by molar-refractivity contribution is 7.98. The van der Waals surface area contributed by atoms with Crippen LogP contribution in [0, 0.1) is 0 Å². The highest BCUT2D eigenvalue weighted by atomic mass is 35.5. The molecule has 0 saturated heterocycles. The third-order valence-corrected chi connectivity index (χ3v) is 6.17. The van der Waals surface area contributed by atoms with Gasteiger partial charge in [-0.2, -0.15) is 4.98 Å². The number of carbonyl (C=O) groups excluding carboxylic acids is 1. The summed E-state index contributed by atoms with van der Waals surface area (Å²) in [5.41, 5.74) is 1.78. The van der Waals surface area contributed by atoms with Gasteiger partial charge >= 0.3 is 0 Å². The zero-order valence-corrected chi connectivity index (χ0v) is 17.1. The second-order valence-corrected chi connectivity index (χ2v) is 8.22. The molecule has 3 aromatic rings. The minimum Gasteiger partial charge on any atom is -0.508 e. The maximum Gasteiger partial charge on any atom is 0.279 e. The fourth-order valence-corrected chi connectivity index (χ4v) is 4.59. The van der Waals surface area contributed by atoms with E-state index in [-0.39, 0.29) is 23.6 Å². The smallest absolute Gasteiger partial charge is 0.279 e. The molecule has 0 bridgehead atoms. The summed E-state index contributed by atoms with van der Waals surface area (Å²) < 4.78 is 1.73. The first-order chi connectivity index (χ1) is 13.9. The molecular formula is C21H18ClN3O3S. The Bertz CT molecular complexity index is 1160. The lowest BCUT2D eigenvalue weighted by Crippen LogP contribution is -2.33. The number of rotatable bonds is 4. The van der Waals surface area contributed by atoms with Gasteiger partial charge in [-0.25, -0.2) is 0 Å². The molecule has 0 aliphatic carbocycles. The number of hydrogen-bond acceptors (Lipinski definition) is 5. The van der Waals surface area contributed by atoms with Gasteiger partial charge in [-0.05, 0) is 35.4 Å². The van der Waals surface area contributed by atoms with Crippen LogP contribution in [0.3, 0.4) is 0 Å². The van der Waals surface area contributed by atoms with Gasteiger partial charge in [0.15, 0.2) is 5.16 Å². The van der Waals surface area contributed by atoms with Crippen molar-refractivity contribution in [2.45, 2.75) is 23.2 Å². The number of phenolic OH excluding ortho intramolecular Hbond substituents is 1. The summed E-state index contributed by atoms with van der Waals surface area (Å²) >= 11 is 7.43. The third kappa shape index (κ3) is 4.02. The molecule has 1 amide bonds. The summed E-state index contributed by atoms with van der Waals surface area (Å²) in [4.78, 5) is 29.5. The van der Waals surface area contributed by atoms with Crippen molar-refractivity contribution in [2.75, 3.05) is 5.32 Å². The van der Waals surface area contributed by atoms with Gasteiger partial charge in [-0.15, -0.1) is 0 Å². The van der Waals surface area contributed by atoms with Crippen LogP contribution in [0.4, 0.5) is 5.82 Å². The van der Waals surface area contributed by atoms with Gasteiger partial charge in [0.1, 0.15) is 11.6 Å². The molecule has 6 nitrogen and oxygen atoms in total. The number of amides is 1. The van der Waals surface area contributed by atoms with Crippen LogP contribution in [-0.2, 0) is 17.6 Å². The fraction of sp³-hybridized carbons (Fsp3) is 0.190. The molecule has 2 heterocycles. The number of phenols is 1. The van der Waals surface area contributed by atoms with Crippen molar-refractivity contribution in [1.29, 1.82) is 0 Å². The summed E-state index contributed by atoms with van der Waals surface area (Å²) in [6.07, 6.45) is 0.127. The molecule has 1 aliphatic rings. The van der Waals surface area contributed by atoms with E-state index in [4.69, 9.17) is 11.6 Å².